The van der Waals surface area contributed by atoms with Crippen LogP contribution in [-0.2, 0) is 30.1 Å². The Morgan fingerprint density at radius 2 is 1.68 bits per heavy atom. The maximum atomic E-state index is 12.1. The molecule has 4 saturated heterocycles. The first-order valence-electron chi connectivity index (χ1n) is 11.9. The molecule has 1 unspecified atom stereocenters. The normalized spacial score (nSPS) is 39.4. The highest BCUT2D eigenvalue weighted by molar-refractivity contribution is 8.00. The maximum absolute atomic E-state index is 12.1. The number of fused-ring (bicyclic) bond motifs is 2. The Morgan fingerprint density at radius 3 is 2.32 bits per heavy atom. The lowest BCUT2D eigenvalue weighted by Gasteiger charge is -2.24. The van der Waals surface area contributed by atoms with E-state index >= 15 is 0 Å². The first kappa shape index (κ1) is 26.2. The standard InChI is InChI=1S/C14H20N2O4S.C9H17O3S/c1-5-8-9-10(20-14(3,4)19-9)12(21-8)16-6-7(2)11(17)15-13(16)18;1-4-7-8-6(5-13(7)10)11-9(2,3)12-8/h6,8-10,12H,5H2,1-4H3,(H,15,17,18);6-8,10H,4-5H2,1-3H3/q;+1/t8-,9-,10-,12-;6-,7+,8-,13?/m10/s1. The van der Waals surface area contributed by atoms with E-state index in [9.17, 15) is 14.1 Å². The van der Waals surface area contributed by atoms with Gasteiger partial charge < -0.3 is 18.9 Å². The van der Waals surface area contributed by atoms with Gasteiger partial charge in [-0.15, -0.1) is 11.8 Å². The van der Waals surface area contributed by atoms with Gasteiger partial charge in [-0.1, -0.05) is 13.8 Å². The van der Waals surface area contributed by atoms with Crippen LogP contribution in [0.2, 0.25) is 0 Å². The van der Waals surface area contributed by atoms with Gasteiger partial charge in [0.25, 0.3) is 5.56 Å². The molecule has 8 atom stereocenters. The highest BCUT2D eigenvalue weighted by atomic mass is 32.2. The van der Waals surface area contributed by atoms with Crippen LogP contribution in [0.15, 0.2) is 15.8 Å². The van der Waals surface area contributed by atoms with Crippen LogP contribution >= 0.6 is 11.8 Å². The van der Waals surface area contributed by atoms with Gasteiger partial charge in [0, 0.05) is 17.0 Å². The minimum atomic E-state index is -0.636. The number of hydrogen-bond donors (Lipinski definition) is 2. The van der Waals surface area contributed by atoms with Crippen molar-refractivity contribution < 1.29 is 23.5 Å². The number of aryl methyl sites for hydroxylation is 1. The third-order valence-corrected chi connectivity index (χ3v) is 10.3. The molecule has 0 aromatic carbocycles. The van der Waals surface area contributed by atoms with Crippen molar-refractivity contribution in [3.63, 3.8) is 0 Å². The van der Waals surface area contributed by atoms with Gasteiger partial charge in [-0.05, 0) is 47.5 Å². The highest BCUT2D eigenvalue weighted by Gasteiger charge is 2.59. The summed E-state index contributed by atoms with van der Waals surface area (Å²) in [6.45, 7) is 13.5. The fourth-order valence-electron chi connectivity index (χ4n) is 5.17. The summed E-state index contributed by atoms with van der Waals surface area (Å²) in [6, 6.07) is 0. The van der Waals surface area contributed by atoms with Gasteiger partial charge in [0.2, 0.25) is 0 Å². The maximum Gasteiger partial charge on any atom is 0.329 e. The fourth-order valence-corrected chi connectivity index (χ4v) is 8.50. The van der Waals surface area contributed by atoms with E-state index in [1.54, 1.807) is 29.4 Å². The van der Waals surface area contributed by atoms with E-state index in [-0.39, 0.29) is 45.8 Å². The Balaban J connectivity index is 0.000000180. The molecule has 1 aromatic rings. The van der Waals surface area contributed by atoms with Crippen LogP contribution in [0.4, 0.5) is 0 Å². The summed E-state index contributed by atoms with van der Waals surface area (Å²) in [4.78, 5) is 26.0. The van der Waals surface area contributed by atoms with Crippen LogP contribution in [0, 0.1) is 6.92 Å². The molecule has 5 rings (SSSR count). The molecule has 2 N–H and O–H groups in total. The largest absolute Gasteiger partial charge is 0.343 e. The Morgan fingerprint density at radius 1 is 1.06 bits per heavy atom. The van der Waals surface area contributed by atoms with Crippen LogP contribution in [0.5, 0.6) is 0 Å². The zero-order valence-corrected chi connectivity index (χ0v) is 22.5. The fraction of sp³-hybridized carbons (Fsp3) is 0.826. The summed E-state index contributed by atoms with van der Waals surface area (Å²) in [7, 11) is 0. The van der Waals surface area contributed by atoms with Crippen LogP contribution in [0.1, 0.15) is 65.3 Å². The Kier molecular flexibility index (Phi) is 7.39. The Bertz CT molecular complexity index is 1010. The van der Waals surface area contributed by atoms with Gasteiger partial charge in [-0.3, -0.25) is 14.3 Å². The number of H-pyrrole nitrogens is 1. The van der Waals surface area contributed by atoms with E-state index in [2.05, 4.69) is 18.8 Å². The second-order valence-corrected chi connectivity index (χ2v) is 13.3. The molecule has 0 saturated carbocycles. The van der Waals surface area contributed by atoms with Gasteiger partial charge in [0.05, 0.1) is 0 Å². The Hall–Kier alpha value is -0.820. The molecule has 4 aliphatic rings. The van der Waals surface area contributed by atoms with Gasteiger partial charge >= 0.3 is 5.69 Å². The van der Waals surface area contributed by atoms with Crippen LogP contribution in [0.25, 0.3) is 0 Å². The lowest BCUT2D eigenvalue weighted by molar-refractivity contribution is -0.149. The zero-order valence-electron chi connectivity index (χ0n) is 20.9. The number of aromatic amines is 1. The van der Waals surface area contributed by atoms with Crippen LogP contribution in [-0.4, -0.2) is 66.3 Å². The van der Waals surface area contributed by atoms with Crippen molar-refractivity contribution in [2.45, 2.75) is 113 Å². The molecule has 34 heavy (non-hydrogen) atoms. The van der Waals surface area contributed by atoms with E-state index in [1.165, 1.54) is 0 Å². The molecule has 0 bridgehead atoms. The summed E-state index contributed by atoms with van der Waals surface area (Å²) >= 11 is 1.17. The van der Waals surface area contributed by atoms with Gasteiger partial charge in [-0.25, -0.2) is 4.79 Å². The molecule has 11 heteroatoms. The number of aromatic nitrogens is 2. The number of hydrogen-bond acceptors (Lipinski definition) is 8. The smallest absolute Gasteiger partial charge is 0.329 e. The lowest BCUT2D eigenvalue weighted by atomic mass is 10.1. The van der Waals surface area contributed by atoms with Crippen molar-refractivity contribution in [2.24, 2.45) is 0 Å². The molecule has 0 radical (unpaired) electrons. The first-order valence-corrected chi connectivity index (χ1v) is 14.3. The van der Waals surface area contributed by atoms with Crippen molar-refractivity contribution in [3.05, 3.63) is 32.6 Å². The van der Waals surface area contributed by atoms with Crippen molar-refractivity contribution >= 4 is 22.9 Å². The molecule has 1 aromatic heterocycles. The van der Waals surface area contributed by atoms with Crippen molar-refractivity contribution in [1.29, 1.82) is 0 Å². The molecule has 0 amide bonds. The van der Waals surface area contributed by atoms with E-state index in [1.807, 2.05) is 27.7 Å². The third kappa shape index (κ3) is 5.02. The molecular formula is C23H37N2O7S2+. The predicted octanol–water partition coefficient (Wildman–Crippen LogP) is 2.78. The van der Waals surface area contributed by atoms with Crippen molar-refractivity contribution in [3.8, 4) is 0 Å². The van der Waals surface area contributed by atoms with Gasteiger partial charge in [0.1, 0.15) is 29.8 Å². The average molecular weight is 518 g/mol. The van der Waals surface area contributed by atoms with E-state index in [0.717, 1.165) is 18.6 Å². The summed E-state index contributed by atoms with van der Waals surface area (Å²) < 4.78 is 34.8. The molecule has 4 aliphatic heterocycles. The van der Waals surface area contributed by atoms with Crippen LogP contribution < -0.4 is 11.2 Å². The molecule has 4 fully saturated rings. The Labute approximate surface area is 207 Å². The number of nitrogens with one attached hydrogen (secondary N) is 1. The second kappa shape index (κ2) is 9.57. The minimum Gasteiger partial charge on any atom is -0.343 e. The number of rotatable bonds is 3. The van der Waals surface area contributed by atoms with Gasteiger partial charge in [0.15, 0.2) is 33.8 Å². The van der Waals surface area contributed by atoms with Crippen molar-refractivity contribution in [2.75, 3.05) is 5.75 Å². The van der Waals surface area contributed by atoms with Gasteiger partial charge in [-0.2, -0.15) is 4.55 Å². The SMILES string of the molecule is CC[C@@H]1[C@H]2OC(C)(C)O[C@H]2C[S+]1O.CC[C@H]1S[C@@H](n2cc(C)c(=O)[nH]c2=O)[C@@H]2OC(C)(C)O[C@@H]21. The average Bonchev–Trinajstić information content (AvgIpc) is 3.40. The molecule has 0 spiro atoms. The summed E-state index contributed by atoms with van der Waals surface area (Å²) in [5.74, 6) is -0.331. The monoisotopic (exact) mass is 517 g/mol. The van der Waals surface area contributed by atoms with E-state index in [0.29, 0.717) is 5.56 Å². The quantitative estimate of drug-likeness (QED) is 0.589. The van der Waals surface area contributed by atoms with E-state index in [4.69, 9.17) is 18.9 Å². The number of thioether (sulfide) groups is 1. The second-order valence-electron chi connectivity index (χ2n) is 10.2. The summed E-state index contributed by atoms with van der Waals surface area (Å²) in [5.41, 5.74) is -0.219. The molecule has 0 aliphatic carbocycles. The van der Waals surface area contributed by atoms with Crippen molar-refractivity contribution in [1.82, 2.24) is 9.55 Å². The molecule has 9 nitrogen and oxygen atoms in total. The molecule has 192 valence electrons. The topological polar surface area (TPSA) is 112 Å². The number of nitrogens with zero attached hydrogens (tertiary/aromatic N) is 1. The zero-order chi connectivity index (χ0) is 25.0. The van der Waals surface area contributed by atoms with Crippen LogP contribution in [0.3, 0.4) is 0 Å². The highest BCUT2D eigenvalue weighted by Crippen LogP contribution is 2.51. The number of ether oxygens (including phenoxy) is 4. The predicted molar refractivity (Wildman–Crippen MR) is 133 cm³/mol. The van der Waals surface area contributed by atoms with E-state index < -0.39 is 28.4 Å². The lowest BCUT2D eigenvalue weighted by Crippen LogP contribution is -2.37. The molecule has 5 heterocycles. The molecular weight excluding hydrogens is 480 g/mol. The summed E-state index contributed by atoms with van der Waals surface area (Å²) in [5, 5.41) is 0.387. The third-order valence-electron chi connectivity index (χ3n) is 6.62. The minimum absolute atomic E-state index is 0.0286. The summed E-state index contributed by atoms with van der Waals surface area (Å²) in [6.07, 6.45) is 3.56. The first-order chi connectivity index (χ1) is 15.9.